The van der Waals surface area contributed by atoms with Crippen molar-refractivity contribution in [2.45, 2.75) is 64.8 Å². The normalized spacial score (nSPS) is 12.0. The Kier molecular flexibility index (Phi) is 9.88. The molecule has 0 fully saturated rings. The fourth-order valence-corrected chi connectivity index (χ4v) is 5.22. The van der Waals surface area contributed by atoms with Crippen LogP contribution < -0.4 is 4.72 Å². The molecule has 0 bridgehead atoms. The molecule has 0 atom stereocenters. The lowest BCUT2D eigenvalue weighted by atomic mass is 9.97. The quantitative estimate of drug-likeness (QED) is 0.177. The van der Waals surface area contributed by atoms with Crippen molar-refractivity contribution in [1.82, 2.24) is 9.78 Å². The summed E-state index contributed by atoms with van der Waals surface area (Å²) in [6.07, 6.45) is 3.53. The van der Waals surface area contributed by atoms with Gasteiger partial charge in [0.15, 0.2) is 0 Å². The van der Waals surface area contributed by atoms with E-state index in [-0.39, 0.29) is 5.69 Å². The maximum atomic E-state index is 13.0. The van der Waals surface area contributed by atoms with Crippen molar-refractivity contribution in [3.05, 3.63) is 107 Å². The number of anilines is 1. The topological polar surface area (TPSA) is 73.2 Å². The van der Waals surface area contributed by atoms with Crippen LogP contribution in [0.1, 0.15) is 54.8 Å². The molecule has 0 spiro atoms. The molecule has 4 aromatic rings. The maximum Gasteiger partial charge on any atom is 0.516 e. The lowest BCUT2D eigenvalue weighted by Crippen LogP contribution is -2.30. The van der Waals surface area contributed by atoms with Crippen LogP contribution in [0.2, 0.25) is 0 Å². The summed E-state index contributed by atoms with van der Waals surface area (Å²) in [6, 6.07) is 23.4. The van der Waals surface area contributed by atoms with Crippen molar-refractivity contribution in [2.75, 3.05) is 4.72 Å². The largest absolute Gasteiger partial charge is 0.516 e. The number of hydrogen-bond acceptors (Lipinski definition) is 4. The molecule has 3 aromatic carbocycles. The predicted molar refractivity (Wildman–Crippen MR) is 155 cm³/mol. The Hall–Kier alpha value is -3.63. The molecule has 0 aliphatic heterocycles. The molecule has 1 N–H and O–H groups in total. The van der Waals surface area contributed by atoms with Crippen LogP contribution in [0.5, 0.6) is 0 Å². The van der Waals surface area contributed by atoms with Gasteiger partial charge in [-0.3, -0.25) is 9.40 Å². The molecule has 0 saturated heterocycles. The zero-order valence-electron chi connectivity index (χ0n) is 23.1. The van der Waals surface area contributed by atoms with Crippen LogP contribution in [0.15, 0.2) is 78.9 Å². The summed E-state index contributed by atoms with van der Waals surface area (Å²) in [5.41, 5.74) is 0.691. The fourth-order valence-electron chi connectivity index (χ4n) is 4.63. The van der Waals surface area contributed by atoms with E-state index in [9.17, 15) is 21.6 Å². The molecule has 0 aliphatic rings. The molecule has 1 heterocycles. The standard InChI is InChI=1S/C31H34F3N3O3S/c1-3-5-14-28-27(30(37(4-2)35-28)22-40-21-24-11-7-6-8-12-24)20-23-16-18-25(19-17-23)26-13-9-10-15-29(26)36-41(38,39)31(32,33)34/h6-13,15-19,36H,3-5,14,20-22H2,1-2H3. The number of para-hydroxylation sites is 1. The molecule has 1 aromatic heterocycles. The number of ether oxygens (including phenoxy) is 1. The van der Waals surface area contributed by atoms with E-state index >= 15 is 0 Å². The van der Waals surface area contributed by atoms with E-state index in [1.165, 1.54) is 12.1 Å². The average Bonchev–Trinajstić information content (AvgIpc) is 3.28. The third kappa shape index (κ3) is 7.56. The highest BCUT2D eigenvalue weighted by molar-refractivity contribution is 7.93. The molecule has 0 saturated carbocycles. The molecule has 0 radical (unpaired) electrons. The fraction of sp³-hybridized carbons (Fsp3) is 0.323. The highest BCUT2D eigenvalue weighted by Crippen LogP contribution is 2.33. The predicted octanol–water partition coefficient (Wildman–Crippen LogP) is 7.48. The molecule has 10 heteroatoms. The van der Waals surface area contributed by atoms with E-state index in [1.807, 2.05) is 47.1 Å². The number of hydrogen-bond donors (Lipinski definition) is 1. The van der Waals surface area contributed by atoms with Crippen LogP contribution in [0.3, 0.4) is 0 Å². The summed E-state index contributed by atoms with van der Waals surface area (Å²) in [4.78, 5) is 0. The second-order valence-corrected chi connectivity index (χ2v) is 11.4. The van der Waals surface area contributed by atoms with Crippen LogP contribution in [0.25, 0.3) is 11.1 Å². The van der Waals surface area contributed by atoms with Crippen molar-refractivity contribution < 1.29 is 26.3 Å². The Bertz CT molecular complexity index is 1530. The molecular weight excluding hydrogens is 551 g/mol. The van der Waals surface area contributed by atoms with Crippen LogP contribution in [0.4, 0.5) is 18.9 Å². The Morgan fingerprint density at radius 1 is 0.878 bits per heavy atom. The first-order valence-corrected chi connectivity index (χ1v) is 15.1. The molecule has 41 heavy (non-hydrogen) atoms. The van der Waals surface area contributed by atoms with Gasteiger partial charge in [0, 0.05) is 24.1 Å². The number of rotatable bonds is 13. The number of aromatic nitrogens is 2. The van der Waals surface area contributed by atoms with Gasteiger partial charge in [0.2, 0.25) is 0 Å². The van der Waals surface area contributed by atoms with Crippen LogP contribution in [-0.2, 0) is 47.4 Å². The van der Waals surface area contributed by atoms with Gasteiger partial charge in [-0.15, -0.1) is 0 Å². The first-order chi connectivity index (χ1) is 19.6. The van der Waals surface area contributed by atoms with Crippen LogP contribution in [0, 0.1) is 0 Å². The maximum absolute atomic E-state index is 13.0. The molecule has 0 aliphatic carbocycles. The minimum atomic E-state index is -5.54. The van der Waals surface area contributed by atoms with E-state index in [0.717, 1.165) is 47.3 Å². The zero-order valence-corrected chi connectivity index (χ0v) is 23.9. The van der Waals surface area contributed by atoms with Gasteiger partial charge in [-0.2, -0.15) is 26.7 Å². The SMILES string of the molecule is CCCCc1nn(CC)c(COCc2ccccc2)c1Cc1ccc(-c2ccccc2NS(=O)(=O)C(F)(F)F)cc1. The average molecular weight is 586 g/mol. The van der Waals surface area contributed by atoms with Gasteiger partial charge >= 0.3 is 15.5 Å². The van der Waals surface area contributed by atoms with Gasteiger partial charge in [0.1, 0.15) is 0 Å². The molecular formula is C31H34F3N3O3S. The van der Waals surface area contributed by atoms with Crippen molar-refractivity contribution in [1.29, 1.82) is 0 Å². The van der Waals surface area contributed by atoms with Gasteiger partial charge in [0.05, 0.1) is 30.3 Å². The Labute approximate surface area is 239 Å². The summed E-state index contributed by atoms with van der Waals surface area (Å²) in [5, 5.41) is 4.90. The number of unbranched alkanes of at least 4 members (excludes halogenated alkanes) is 1. The van der Waals surface area contributed by atoms with Gasteiger partial charge in [-0.1, -0.05) is 86.1 Å². The Morgan fingerprint density at radius 2 is 1.56 bits per heavy atom. The van der Waals surface area contributed by atoms with Crippen molar-refractivity contribution in [2.24, 2.45) is 0 Å². The Morgan fingerprint density at radius 3 is 2.22 bits per heavy atom. The number of alkyl halides is 3. The van der Waals surface area contributed by atoms with Gasteiger partial charge < -0.3 is 4.74 Å². The van der Waals surface area contributed by atoms with Crippen molar-refractivity contribution in [3.8, 4) is 11.1 Å². The smallest absolute Gasteiger partial charge is 0.370 e. The van der Waals surface area contributed by atoms with Gasteiger partial charge in [-0.05, 0) is 42.5 Å². The number of halogens is 3. The monoisotopic (exact) mass is 585 g/mol. The second-order valence-electron chi connectivity index (χ2n) is 9.74. The molecule has 0 unspecified atom stereocenters. The number of nitrogens with zero attached hydrogens (tertiary/aromatic N) is 2. The number of benzene rings is 3. The van der Waals surface area contributed by atoms with Crippen LogP contribution >= 0.6 is 0 Å². The summed E-state index contributed by atoms with van der Waals surface area (Å²) in [7, 11) is -5.54. The summed E-state index contributed by atoms with van der Waals surface area (Å²) < 4.78 is 72.2. The lowest BCUT2D eigenvalue weighted by molar-refractivity contribution is -0.0429. The molecule has 218 valence electrons. The summed E-state index contributed by atoms with van der Waals surface area (Å²) >= 11 is 0. The first kappa shape index (κ1) is 30.3. The van der Waals surface area contributed by atoms with Crippen molar-refractivity contribution >= 4 is 15.7 Å². The van der Waals surface area contributed by atoms with E-state index in [2.05, 4.69) is 13.8 Å². The van der Waals surface area contributed by atoms with Crippen molar-refractivity contribution in [3.63, 3.8) is 0 Å². The Balaban J connectivity index is 1.58. The zero-order chi connectivity index (χ0) is 29.5. The van der Waals surface area contributed by atoms with E-state index in [4.69, 9.17) is 9.84 Å². The van der Waals surface area contributed by atoms with E-state index in [1.54, 1.807) is 29.0 Å². The minimum absolute atomic E-state index is 0.137. The highest BCUT2D eigenvalue weighted by Gasteiger charge is 2.46. The second kappa shape index (κ2) is 13.4. The number of nitrogens with one attached hydrogen (secondary N) is 1. The van der Waals surface area contributed by atoms with E-state index < -0.39 is 15.5 Å². The lowest BCUT2D eigenvalue weighted by Gasteiger charge is -2.15. The first-order valence-electron chi connectivity index (χ1n) is 13.6. The third-order valence-electron chi connectivity index (χ3n) is 6.79. The van der Waals surface area contributed by atoms with E-state index in [0.29, 0.717) is 37.3 Å². The highest BCUT2D eigenvalue weighted by atomic mass is 32.2. The summed E-state index contributed by atoms with van der Waals surface area (Å²) in [6.45, 7) is 5.83. The summed E-state index contributed by atoms with van der Waals surface area (Å²) in [5.74, 6) is 0. The third-order valence-corrected chi connectivity index (χ3v) is 7.89. The number of sulfonamides is 1. The van der Waals surface area contributed by atoms with Crippen LogP contribution in [-0.4, -0.2) is 23.7 Å². The minimum Gasteiger partial charge on any atom is -0.370 e. The van der Waals surface area contributed by atoms with Gasteiger partial charge in [0.25, 0.3) is 0 Å². The van der Waals surface area contributed by atoms with Gasteiger partial charge in [-0.25, -0.2) is 0 Å². The molecule has 0 amide bonds. The molecule has 4 rings (SSSR count). The molecule has 6 nitrogen and oxygen atoms in total. The number of aryl methyl sites for hydroxylation is 2.